The second-order valence-electron chi connectivity index (χ2n) is 18.6. The molecule has 0 unspecified atom stereocenters. The molecule has 10 heterocycles. The highest BCUT2D eigenvalue weighted by Crippen LogP contribution is 2.42. The van der Waals surface area contributed by atoms with E-state index in [0.29, 0.717) is 65.3 Å². The highest BCUT2D eigenvalue weighted by atomic mass is 32.1. The van der Waals surface area contributed by atoms with E-state index in [1.807, 2.05) is 26.9 Å². The van der Waals surface area contributed by atoms with Gasteiger partial charge in [0.15, 0.2) is 27.5 Å². The quantitative estimate of drug-likeness (QED) is 0.112. The van der Waals surface area contributed by atoms with E-state index >= 15 is 0 Å². The average molecular weight is 1030 g/mol. The van der Waals surface area contributed by atoms with Crippen LogP contribution in [0.5, 0.6) is 0 Å². The predicted molar refractivity (Wildman–Crippen MR) is 268 cm³/mol. The minimum Gasteiger partial charge on any atom is -0.379 e. The molecule has 22 nitrogen and oxygen atoms in total. The number of nitrogens with zero attached hydrogens (tertiary/aromatic N) is 15. The summed E-state index contributed by atoms with van der Waals surface area (Å²) in [5, 5.41) is 30.2. The van der Waals surface area contributed by atoms with Crippen molar-refractivity contribution in [3.05, 3.63) is 102 Å². The molecule has 14 rings (SSSR count). The number of ether oxygens (including phenoxy) is 2. The number of halogens is 1. The van der Waals surface area contributed by atoms with Gasteiger partial charge in [-0.05, 0) is 63.5 Å². The van der Waals surface area contributed by atoms with Crippen LogP contribution in [0.2, 0.25) is 0 Å². The minimum atomic E-state index is -0.522. The largest absolute Gasteiger partial charge is 0.379 e. The first-order valence-corrected chi connectivity index (χ1v) is 26.3. The molecule has 376 valence electrons. The van der Waals surface area contributed by atoms with Crippen molar-refractivity contribution in [3.8, 4) is 33.0 Å². The van der Waals surface area contributed by atoms with Gasteiger partial charge < -0.3 is 48.6 Å². The van der Waals surface area contributed by atoms with Crippen LogP contribution in [0.4, 0.5) is 21.7 Å². The fraction of sp³-hybridized carbons (Fsp3) is 0.417. The molecule has 0 atom stereocenters. The van der Waals surface area contributed by atoms with E-state index in [0.717, 1.165) is 118 Å². The summed E-state index contributed by atoms with van der Waals surface area (Å²) in [5.41, 5.74) is 4.53. The van der Waals surface area contributed by atoms with Crippen LogP contribution in [0, 0.1) is 5.82 Å². The zero-order valence-corrected chi connectivity index (χ0v) is 41.2. The maximum Gasteiger partial charge on any atom is 0.275 e. The molecular formula is C48H51FN18O4S2. The number of imidazole rings is 2. The summed E-state index contributed by atoms with van der Waals surface area (Å²) in [6.45, 7) is 6.72. The highest BCUT2D eigenvalue weighted by molar-refractivity contribution is 7.13. The lowest BCUT2D eigenvalue weighted by atomic mass is 10.2. The third-order valence-electron chi connectivity index (χ3n) is 13.0. The van der Waals surface area contributed by atoms with Gasteiger partial charge in [0.1, 0.15) is 35.7 Å². The monoisotopic (exact) mass is 1030 g/mol. The Morgan fingerprint density at radius 2 is 1.12 bits per heavy atom. The Kier molecular flexibility index (Phi) is 13.3. The molecule has 6 aliphatic rings. The van der Waals surface area contributed by atoms with E-state index in [1.54, 1.807) is 41.3 Å². The number of anilines is 3. The second kappa shape index (κ2) is 20.7. The van der Waals surface area contributed by atoms with Gasteiger partial charge in [-0.3, -0.25) is 9.59 Å². The van der Waals surface area contributed by atoms with Gasteiger partial charge in [0.05, 0.1) is 79.9 Å². The van der Waals surface area contributed by atoms with Gasteiger partial charge in [-0.2, -0.15) is 0 Å². The number of carbonyl (C=O) groups excluding carboxylic acids is 2. The number of thiazole rings is 2. The number of hydrogen-bond donors (Lipinski definition) is 3. The standard InChI is InChI=1S/C24H25N9O2S.C20H17FN8OS.C4H9NO/c34-23(28-21-12-36-24(29-21)22-30-27-14-33(22)16-3-4-16)17-9-19(32-11-18(26-13-32)15-1-2-15)20(10-25-17)31-5-7-35-8-6-31;21-13-6-22-14(5-16(13)28-7-15(23-9-28)11-1-2-11)19(30)25-17-8-31-20(26-17)18-27-24-10-29(18)12-3-4-12;1-3-6-4-2-5-1/h9-16H,1-8H2,(H,28,34);5-12H,1-4H2,(H,25,30);5H,1-4H2. The summed E-state index contributed by atoms with van der Waals surface area (Å²) < 4.78 is 32.6. The molecular weight excluding hydrogens is 976 g/mol. The minimum absolute atomic E-state index is 0.0915. The van der Waals surface area contributed by atoms with E-state index in [2.05, 4.69) is 81.9 Å². The number of hydrogen-bond acceptors (Lipinski definition) is 18. The summed E-state index contributed by atoms with van der Waals surface area (Å²) in [4.78, 5) is 54.6. The topological polar surface area (TPSA) is 241 Å². The third kappa shape index (κ3) is 10.9. The van der Waals surface area contributed by atoms with Crippen LogP contribution >= 0.6 is 22.7 Å². The molecule has 0 radical (unpaired) electrons. The van der Waals surface area contributed by atoms with Gasteiger partial charge in [-0.1, -0.05) is 0 Å². The lowest BCUT2D eigenvalue weighted by molar-refractivity contribution is 0.101. The van der Waals surface area contributed by atoms with Gasteiger partial charge in [0.2, 0.25) is 0 Å². The van der Waals surface area contributed by atoms with Crippen LogP contribution in [0.3, 0.4) is 0 Å². The zero-order chi connectivity index (χ0) is 49.3. The smallest absolute Gasteiger partial charge is 0.275 e. The predicted octanol–water partition coefficient (Wildman–Crippen LogP) is 6.48. The normalized spacial score (nSPS) is 17.6. The molecule has 2 saturated heterocycles. The summed E-state index contributed by atoms with van der Waals surface area (Å²) >= 11 is 2.81. The van der Waals surface area contributed by atoms with Crippen LogP contribution < -0.4 is 20.9 Å². The van der Waals surface area contributed by atoms with Crippen LogP contribution in [0.1, 0.15) is 108 Å². The Morgan fingerprint density at radius 3 is 1.62 bits per heavy atom. The maximum atomic E-state index is 14.4. The van der Waals surface area contributed by atoms with Crippen molar-refractivity contribution in [3.63, 3.8) is 0 Å². The van der Waals surface area contributed by atoms with Crippen molar-refractivity contribution in [2.75, 3.05) is 68.1 Å². The molecule has 25 heteroatoms. The van der Waals surface area contributed by atoms with Crippen molar-refractivity contribution >= 4 is 51.8 Å². The van der Waals surface area contributed by atoms with Crippen LogP contribution in [0.25, 0.3) is 33.0 Å². The zero-order valence-electron chi connectivity index (χ0n) is 39.6. The fourth-order valence-corrected chi connectivity index (χ4v) is 9.94. The first-order chi connectivity index (χ1) is 35.9. The number of amides is 2. The number of carbonyl (C=O) groups is 2. The summed E-state index contributed by atoms with van der Waals surface area (Å²) in [6.07, 6.45) is 22.6. The van der Waals surface area contributed by atoms with Crippen molar-refractivity contribution in [2.45, 2.75) is 75.3 Å². The first-order valence-electron chi connectivity index (χ1n) is 24.6. The number of morpholine rings is 2. The van der Waals surface area contributed by atoms with Gasteiger partial charge in [-0.25, -0.2) is 34.3 Å². The molecule has 8 aromatic heterocycles. The third-order valence-corrected chi connectivity index (χ3v) is 14.7. The Morgan fingerprint density at radius 1 is 0.616 bits per heavy atom. The molecule has 73 heavy (non-hydrogen) atoms. The second-order valence-corrected chi connectivity index (χ2v) is 20.3. The summed E-state index contributed by atoms with van der Waals surface area (Å²) in [5.74, 6) is 2.01. The SMILES string of the molecule is C1COCCN1.O=C(Nc1csc(-c2nncn2C2CC2)n1)c1cc(-n2cnc(C3CC3)c2)c(F)cn1.O=C(Nc1csc(-c2nncn2C2CC2)n1)c1cc(-n2cnc(C3CC3)c2)c(N2CCOCC2)cn1. The van der Waals surface area contributed by atoms with Crippen LogP contribution in [-0.4, -0.2) is 133 Å². The molecule has 2 amide bonds. The van der Waals surface area contributed by atoms with Gasteiger partial charge >= 0.3 is 0 Å². The van der Waals surface area contributed by atoms with E-state index in [1.165, 1.54) is 41.6 Å². The fourth-order valence-electron chi connectivity index (χ4n) is 8.46. The first kappa shape index (κ1) is 46.9. The molecule has 4 aliphatic carbocycles. The van der Waals surface area contributed by atoms with Crippen LogP contribution in [0.15, 0.2) is 73.0 Å². The molecule has 0 spiro atoms. The van der Waals surface area contributed by atoms with Crippen molar-refractivity contribution in [1.82, 2.24) is 73.9 Å². The number of pyridine rings is 2. The van der Waals surface area contributed by atoms with E-state index in [-0.39, 0.29) is 17.3 Å². The molecule has 3 N–H and O–H groups in total. The Labute approximate surface area is 425 Å². The Bertz CT molecular complexity index is 3210. The van der Waals surface area contributed by atoms with Gasteiger partial charge in [0.25, 0.3) is 11.8 Å². The Hall–Kier alpha value is -7.19. The Balaban J connectivity index is 0.000000135. The molecule has 4 saturated carbocycles. The number of rotatable bonds is 13. The number of aromatic nitrogens is 14. The average Bonchev–Trinajstić information content (AvgIpc) is 4.43. The van der Waals surface area contributed by atoms with Gasteiger partial charge in [-0.15, -0.1) is 43.1 Å². The summed E-state index contributed by atoms with van der Waals surface area (Å²) in [7, 11) is 0. The molecule has 2 aliphatic heterocycles. The summed E-state index contributed by atoms with van der Waals surface area (Å²) in [6, 6.07) is 4.13. The van der Waals surface area contributed by atoms with Gasteiger partial charge in [0, 0.05) is 73.3 Å². The highest BCUT2D eigenvalue weighted by Gasteiger charge is 2.31. The van der Waals surface area contributed by atoms with Crippen molar-refractivity contribution in [1.29, 1.82) is 0 Å². The number of nitrogens with one attached hydrogen (secondary N) is 3. The lowest BCUT2D eigenvalue weighted by Gasteiger charge is -2.30. The van der Waals surface area contributed by atoms with E-state index in [4.69, 9.17) is 9.47 Å². The van der Waals surface area contributed by atoms with Crippen molar-refractivity contribution < 1.29 is 23.5 Å². The molecule has 6 fully saturated rings. The molecule has 8 aromatic rings. The van der Waals surface area contributed by atoms with E-state index < -0.39 is 11.7 Å². The molecule has 0 bridgehead atoms. The lowest BCUT2D eigenvalue weighted by Crippen LogP contribution is -2.37. The van der Waals surface area contributed by atoms with E-state index in [9.17, 15) is 14.0 Å². The van der Waals surface area contributed by atoms with Crippen molar-refractivity contribution in [2.24, 2.45) is 0 Å². The molecule has 0 aromatic carbocycles. The maximum absolute atomic E-state index is 14.4. The van der Waals surface area contributed by atoms with Crippen LogP contribution in [-0.2, 0) is 9.47 Å².